The minimum atomic E-state index is -0.152. The van der Waals surface area contributed by atoms with E-state index in [9.17, 15) is 0 Å². The molecule has 0 aromatic heterocycles. The van der Waals surface area contributed by atoms with Gasteiger partial charge in [-0.15, -0.1) is 0 Å². The second-order valence-corrected chi connectivity index (χ2v) is 5.30. The predicted octanol–water partition coefficient (Wildman–Crippen LogP) is 2.26. The summed E-state index contributed by atoms with van der Waals surface area (Å²) in [7, 11) is 0. The van der Waals surface area contributed by atoms with Crippen LogP contribution in [0.2, 0.25) is 0 Å². The van der Waals surface area contributed by atoms with Gasteiger partial charge in [-0.1, -0.05) is 13.8 Å². The molecule has 0 radical (unpaired) electrons. The Morgan fingerprint density at radius 1 is 1.53 bits per heavy atom. The number of rotatable bonds is 3. The standard InChI is InChI=1S/C12H19NO2/c1-9(2)12-5-4-11(3,15-12)10(8-12)14-7-6-13/h9-10H,4-5,7-8H2,1-3H3/t10-,11+,12-/m0/s1. The van der Waals surface area contributed by atoms with Crippen LogP contribution >= 0.6 is 0 Å². The van der Waals surface area contributed by atoms with E-state index < -0.39 is 0 Å². The SMILES string of the molecule is CC(C)[C@@]12CC[C@@](C)(O1)[C@@H](OCC#N)C2. The van der Waals surface area contributed by atoms with Gasteiger partial charge in [-0.2, -0.15) is 5.26 Å². The Kier molecular flexibility index (Phi) is 2.52. The molecule has 15 heavy (non-hydrogen) atoms. The van der Waals surface area contributed by atoms with Gasteiger partial charge in [-0.05, 0) is 25.7 Å². The molecule has 2 aliphatic heterocycles. The molecule has 2 saturated heterocycles. The van der Waals surface area contributed by atoms with Crippen LogP contribution in [0.1, 0.15) is 40.0 Å². The van der Waals surface area contributed by atoms with E-state index in [0.29, 0.717) is 5.92 Å². The molecule has 0 N–H and O–H groups in total. The fourth-order valence-electron chi connectivity index (χ4n) is 2.94. The van der Waals surface area contributed by atoms with Crippen LogP contribution in [0.15, 0.2) is 0 Å². The highest BCUT2D eigenvalue weighted by Gasteiger charge is 2.60. The van der Waals surface area contributed by atoms with E-state index in [-0.39, 0.29) is 23.9 Å². The summed E-state index contributed by atoms with van der Waals surface area (Å²) in [6.07, 6.45) is 3.24. The summed E-state index contributed by atoms with van der Waals surface area (Å²) in [5, 5.41) is 8.54. The topological polar surface area (TPSA) is 42.2 Å². The third-order valence-electron chi connectivity index (χ3n) is 4.09. The third-order valence-corrected chi connectivity index (χ3v) is 4.09. The van der Waals surface area contributed by atoms with Gasteiger partial charge in [0.1, 0.15) is 6.61 Å². The summed E-state index contributed by atoms with van der Waals surface area (Å²) in [5.74, 6) is 0.523. The second kappa shape index (κ2) is 3.47. The molecule has 2 heterocycles. The average molecular weight is 209 g/mol. The average Bonchev–Trinajstić information content (AvgIpc) is 2.66. The van der Waals surface area contributed by atoms with Gasteiger partial charge in [0.15, 0.2) is 0 Å². The first-order chi connectivity index (χ1) is 7.02. The van der Waals surface area contributed by atoms with Crippen molar-refractivity contribution in [3.63, 3.8) is 0 Å². The van der Waals surface area contributed by atoms with Crippen LogP contribution < -0.4 is 0 Å². The van der Waals surface area contributed by atoms with Crippen molar-refractivity contribution < 1.29 is 9.47 Å². The lowest BCUT2D eigenvalue weighted by molar-refractivity contribution is -0.0894. The van der Waals surface area contributed by atoms with Crippen LogP contribution in [0.25, 0.3) is 0 Å². The van der Waals surface area contributed by atoms with Crippen LogP contribution in [0.5, 0.6) is 0 Å². The zero-order chi connectivity index (χ0) is 11.1. The van der Waals surface area contributed by atoms with Crippen LogP contribution in [0.3, 0.4) is 0 Å². The van der Waals surface area contributed by atoms with Crippen molar-refractivity contribution in [1.82, 2.24) is 0 Å². The lowest BCUT2D eigenvalue weighted by Gasteiger charge is -2.31. The molecule has 3 atom stereocenters. The molecule has 0 unspecified atom stereocenters. The summed E-state index contributed by atoms with van der Waals surface area (Å²) in [6, 6.07) is 2.04. The fourth-order valence-corrected chi connectivity index (χ4v) is 2.94. The number of hydrogen-bond donors (Lipinski definition) is 0. The minimum absolute atomic E-state index is 0.00880. The Morgan fingerprint density at radius 2 is 2.27 bits per heavy atom. The third kappa shape index (κ3) is 1.56. The number of nitrogens with zero attached hydrogens (tertiary/aromatic N) is 1. The van der Waals surface area contributed by atoms with Crippen molar-refractivity contribution in [2.45, 2.75) is 57.3 Å². The molecule has 3 heteroatoms. The number of fused-ring (bicyclic) bond motifs is 2. The molecule has 0 saturated carbocycles. The summed E-state index contributed by atoms with van der Waals surface area (Å²) in [5.41, 5.74) is -0.143. The van der Waals surface area contributed by atoms with Crippen molar-refractivity contribution in [2.24, 2.45) is 5.92 Å². The van der Waals surface area contributed by atoms with E-state index in [4.69, 9.17) is 14.7 Å². The second-order valence-electron chi connectivity index (χ2n) is 5.30. The predicted molar refractivity (Wildman–Crippen MR) is 56.3 cm³/mol. The van der Waals surface area contributed by atoms with Crippen LogP contribution in [-0.4, -0.2) is 23.9 Å². The maximum atomic E-state index is 8.54. The highest BCUT2D eigenvalue weighted by atomic mass is 16.6. The van der Waals surface area contributed by atoms with Crippen molar-refractivity contribution >= 4 is 0 Å². The fraction of sp³-hybridized carbons (Fsp3) is 0.917. The van der Waals surface area contributed by atoms with Gasteiger partial charge in [0.2, 0.25) is 0 Å². The Hall–Kier alpha value is -0.590. The summed E-state index contributed by atoms with van der Waals surface area (Å²) < 4.78 is 11.8. The first-order valence-electron chi connectivity index (χ1n) is 5.71. The monoisotopic (exact) mass is 209 g/mol. The molecule has 0 amide bonds. The molecule has 84 valence electrons. The Balaban J connectivity index is 2.10. The highest BCUT2D eigenvalue weighted by Crippen LogP contribution is 2.54. The molecular formula is C12H19NO2. The van der Waals surface area contributed by atoms with Crippen molar-refractivity contribution in [3.8, 4) is 6.07 Å². The Labute approximate surface area is 91.4 Å². The zero-order valence-electron chi connectivity index (χ0n) is 9.75. The molecule has 2 fully saturated rings. The first kappa shape index (κ1) is 10.9. The number of ether oxygens (including phenoxy) is 2. The Morgan fingerprint density at radius 3 is 2.80 bits per heavy atom. The smallest absolute Gasteiger partial charge is 0.134 e. The zero-order valence-corrected chi connectivity index (χ0v) is 9.75. The Bertz CT molecular complexity index is 296. The van der Waals surface area contributed by atoms with E-state index in [1.165, 1.54) is 0 Å². The number of nitriles is 1. The molecular weight excluding hydrogens is 190 g/mol. The molecule has 0 aromatic carbocycles. The van der Waals surface area contributed by atoms with Crippen molar-refractivity contribution in [3.05, 3.63) is 0 Å². The van der Waals surface area contributed by atoms with Crippen LogP contribution in [0.4, 0.5) is 0 Å². The normalized spacial score (nSPS) is 43.5. The van der Waals surface area contributed by atoms with Gasteiger partial charge in [0.25, 0.3) is 0 Å². The summed E-state index contributed by atoms with van der Waals surface area (Å²) >= 11 is 0. The maximum absolute atomic E-state index is 8.54. The minimum Gasteiger partial charge on any atom is -0.366 e. The summed E-state index contributed by atoms with van der Waals surface area (Å²) in [4.78, 5) is 0. The van der Waals surface area contributed by atoms with Crippen molar-refractivity contribution in [1.29, 1.82) is 5.26 Å². The van der Waals surface area contributed by atoms with Gasteiger partial charge >= 0.3 is 0 Å². The van der Waals surface area contributed by atoms with E-state index in [0.717, 1.165) is 19.3 Å². The lowest BCUT2D eigenvalue weighted by atomic mass is 9.75. The lowest BCUT2D eigenvalue weighted by Crippen LogP contribution is -2.38. The van der Waals surface area contributed by atoms with E-state index >= 15 is 0 Å². The molecule has 2 bridgehead atoms. The quantitative estimate of drug-likeness (QED) is 0.716. The van der Waals surface area contributed by atoms with Crippen molar-refractivity contribution in [2.75, 3.05) is 6.61 Å². The van der Waals surface area contributed by atoms with Gasteiger partial charge in [-0.25, -0.2) is 0 Å². The van der Waals surface area contributed by atoms with Gasteiger partial charge in [-0.3, -0.25) is 0 Å². The van der Waals surface area contributed by atoms with Gasteiger partial charge in [0.05, 0.1) is 23.4 Å². The van der Waals surface area contributed by atoms with Crippen LogP contribution in [0, 0.1) is 17.2 Å². The molecule has 2 rings (SSSR count). The van der Waals surface area contributed by atoms with Gasteiger partial charge < -0.3 is 9.47 Å². The molecule has 2 aliphatic rings. The molecule has 0 aliphatic carbocycles. The maximum Gasteiger partial charge on any atom is 0.134 e. The molecule has 0 spiro atoms. The van der Waals surface area contributed by atoms with E-state index in [1.807, 2.05) is 6.07 Å². The molecule has 0 aromatic rings. The number of hydrogen-bond acceptors (Lipinski definition) is 3. The largest absolute Gasteiger partial charge is 0.366 e. The van der Waals surface area contributed by atoms with E-state index in [2.05, 4.69) is 20.8 Å². The van der Waals surface area contributed by atoms with Gasteiger partial charge in [0, 0.05) is 6.42 Å². The molecule has 3 nitrogen and oxygen atoms in total. The summed E-state index contributed by atoms with van der Waals surface area (Å²) in [6.45, 7) is 6.71. The first-order valence-corrected chi connectivity index (χ1v) is 5.71. The van der Waals surface area contributed by atoms with Crippen LogP contribution in [-0.2, 0) is 9.47 Å². The van der Waals surface area contributed by atoms with E-state index in [1.54, 1.807) is 0 Å². The highest BCUT2D eigenvalue weighted by molar-refractivity contribution is 5.10.